The van der Waals surface area contributed by atoms with Crippen molar-refractivity contribution in [2.45, 2.75) is 26.4 Å². The molecule has 6 nitrogen and oxygen atoms in total. The van der Waals surface area contributed by atoms with Crippen LogP contribution < -0.4 is 10.6 Å². The summed E-state index contributed by atoms with van der Waals surface area (Å²) in [6, 6.07) is 5.37. The van der Waals surface area contributed by atoms with Gasteiger partial charge in [-0.15, -0.1) is 24.0 Å². The molecule has 0 aliphatic rings. The van der Waals surface area contributed by atoms with Crippen LogP contribution in [0.1, 0.15) is 30.2 Å². The number of nitrogens with zero attached hydrogens (tertiary/aromatic N) is 3. The number of rotatable bonds is 4. The first-order valence-corrected chi connectivity index (χ1v) is 7.46. The second-order valence-corrected chi connectivity index (χ2v) is 5.53. The normalized spacial score (nSPS) is 12.5. The van der Waals surface area contributed by atoms with Crippen molar-refractivity contribution in [3.63, 3.8) is 0 Å². The van der Waals surface area contributed by atoms with Gasteiger partial charge in [0.1, 0.15) is 0 Å². The van der Waals surface area contributed by atoms with E-state index in [9.17, 15) is 0 Å². The van der Waals surface area contributed by atoms with Crippen molar-refractivity contribution >= 4 is 53.1 Å². The molecule has 0 aliphatic heterocycles. The van der Waals surface area contributed by atoms with Gasteiger partial charge in [-0.1, -0.05) is 34.4 Å². The molecule has 0 amide bonds. The molecule has 23 heavy (non-hydrogen) atoms. The van der Waals surface area contributed by atoms with Gasteiger partial charge in [0.25, 0.3) is 0 Å². The van der Waals surface area contributed by atoms with E-state index in [4.69, 9.17) is 27.7 Å². The van der Waals surface area contributed by atoms with Crippen LogP contribution in [0.3, 0.4) is 0 Å². The molecule has 1 aromatic carbocycles. The number of aryl methyl sites for hydroxylation is 1. The first-order valence-electron chi connectivity index (χ1n) is 6.71. The number of nitrogens with one attached hydrogen (secondary N) is 2. The molecule has 1 aromatic heterocycles. The number of guanidine groups is 1. The van der Waals surface area contributed by atoms with E-state index in [1.54, 1.807) is 26.1 Å². The Balaban J connectivity index is 0.00000264. The van der Waals surface area contributed by atoms with Crippen LogP contribution >= 0.6 is 47.2 Å². The van der Waals surface area contributed by atoms with E-state index in [0.29, 0.717) is 34.3 Å². The van der Waals surface area contributed by atoms with Crippen molar-refractivity contribution in [3.05, 3.63) is 45.5 Å². The molecule has 0 saturated carbocycles. The number of benzene rings is 1. The third-order valence-electron chi connectivity index (χ3n) is 2.99. The van der Waals surface area contributed by atoms with Gasteiger partial charge in [-0.25, -0.2) is 0 Å². The molecule has 0 bridgehead atoms. The average molecular weight is 470 g/mol. The average Bonchev–Trinajstić information content (AvgIpc) is 2.88. The fourth-order valence-corrected chi connectivity index (χ4v) is 2.48. The van der Waals surface area contributed by atoms with Crippen molar-refractivity contribution in [3.8, 4) is 0 Å². The van der Waals surface area contributed by atoms with Gasteiger partial charge in [0.2, 0.25) is 5.89 Å². The van der Waals surface area contributed by atoms with Gasteiger partial charge < -0.3 is 15.2 Å². The van der Waals surface area contributed by atoms with Gasteiger partial charge in [-0.3, -0.25) is 4.99 Å². The summed E-state index contributed by atoms with van der Waals surface area (Å²) in [6.45, 7) is 4.15. The van der Waals surface area contributed by atoms with E-state index >= 15 is 0 Å². The quantitative estimate of drug-likeness (QED) is 0.405. The summed E-state index contributed by atoms with van der Waals surface area (Å²) in [5, 5.41) is 11.4. The molecule has 0 fully saturated rings. The van der Waals surface area contributed by atoms with Gasteiger partial charge in [0.05, 0.1) is 12.6 Å². The van der Waals surface area contributed by atoms with E-state index in [1.807, 2.05) is 13.0 Å². The predicted molar refractivity (Wildman–Crippen MR) is 103 cm³/mol. The molecule has 126 valence electrons. The van der Waals surface area contributed by atoms with E-state index in [1.165, 1.54) is 0 Å². The van der Waals surface area contributed by atoms with Crippen molar-refractivity contribution in [2.75, 3.05) is 7.05 Å². The van der Waals surface area contributed by atoms with Crippen LogP contribution in [0.5, 0.6) is 0 Å². The monoisotopic (exact) mass is 469 g/mol. The van der Waals surface area contributed by atoms with Crippen LogP contribution in [0, 0.1) is 6.92 Å². The predicted octanol–water partition coefficient (Wildman–Crippen LogP) is 3.73. The molecule has 0 radical (unpaired) electrons. The number of aromatic nitrogens is 2. The maximum Gasteiger partial charge on any atom is 0.223 e. The fraction of sp³-hybridized carbons (Fsp3) is 0.357. The summed E-state index contributed by atoms with van der Waals surface area (Å²) in [7, 11) is 1.69. The molecule has 2 rings (SSSR count). The Kier molecular flexibility index (Phi) is 8.07. The molecular weight excluding hydrogens is 452 g/mol. The highest BCUT2D eigenvalue weighted by Crippen LogP contribution is 2.25. The summed E-state index contributed by atoms with van der Waals surface area (Å²) in [5.41, 5.74) is 0.935. The smallest absolute Gasteiger partial charge is 0.223 e. The zero-order valence-electron chi connectivity index (χ0n) is 12.9. The van der Waals surface area contributed by atoms with E-state index in [-0.39, 0.29) is 30.0 Å². The Morgan fingerprint density at radius 3 is 2.70 bits per heavy atom. The molecular formula is C14H18Cl2IN5O. The number of hydrogen-bond donors (Lipinski definition) is 2. The molecule has 1 unspecified atom stereocenters. The zero-order valence-corrected chi connectivity index (χ0v) is 16.8. The lowest BCUT2D eigenvalue weighted by atomic mass is 10.1. The Hall–Kier alpha value is -1.06. The maximum atomic E-state index is 6.21. The van der Waals surface area contributed by atoms with Crippen molar-refractivity contribution in [2.24, 2.45) is 4.99 Å². The molecule has 0 spiro atoms. The lowest BCUT2D eigenvalue weighted by Crippen LogP contribution is -2.38. The fourth-order valence-electron chi connectivity index (χ4n) is 1.91. The van der Waals surface area contributed by atoms with Crippen molar-refractivity contribution < 1.29 is 4.52 Å². The molecule has 1 heterocycles. The van der Waals surface area contributed by atoms with E-state index < -0.39 is 0 Å². The van der Waals surface area contributed by atoms with Gasteiger partial charge in [0.15, 0.2) is 11.8 Å². The van der Waals surface area contributed by atoms with Crippen LogP contribution in [0.15, 0.2) is 27.7 Å². The maximum absolute atomic E-state index is 6.21. The minimum Gasteiger partial charge on any atom is -0.350 e. The van der Waals surface area contributed by atoms with E-state index in [2.05, 4.69) is 25.8 Å². The van der Waals surface area contributed by atoms with Gasteiger partial charge in [-0.05, 0) is 24.6 Å². The minimum absolute atomic E-state index is 0. The molecule has 2 N–H and O–H groups in total. The SMILES string of the molecule is CN=C(NCc1noc(C)n1)NC(C)c1ccc(Cl)cc1Cl.I. The first kappa shape index (κ1) is 20.0. The lowest BCUT2D eigenvalue weighted by Gasteiger charge is -2.19. The van der Waals surface area contributed by atoms with Crippen LogP contribution in [-0.2, 0) is 6.54 Å². The number of hydrogen-bond acceptors (Lipinski definition) is 4. The highest BCUT2D eigenvalue weighted by molar-refractivity contribution is 14.0. The topological polar surface area (TPSA) is 75.3 Å². The summed E-state index contributed by atoms with van der Waals surface area (Å²) >= 11 is 12.1. The van der Waals surface area contributed by atoms with Crippen LogP contribution in [0.2, 0.25) is 10.0 Å². The summed E-state index contributed by atoms with van der Waals surface area (Å²) in [4.78, 5) is 8.28. The number of aliphatic imine (C=N–C) groups is 1. The molecule has 1 atom stereocenters. The van der Waals surface area contributed by atoms with Gasteiger partial charge >= 0.3 is 0 Å². The largest absolute Gasteiger partial charge is 0.350 e. The second kappa shape index (κ2) is 9.29. The highest BCUT2D eigenvalue weighted by atomic mass is 127. The Labute approximate surface area is 162 Å². The first-order chi connectivity index (χ1) is 10.5. The second-order valence-electron chi connectivity index (χ2n) is 4.69. The van der Waals surface area contributed by atoms with E-state index in [0.717, 1.165) is 5.56 Å². The summed E-state index contributed by atoms with van der Waals surface area (Å²) in [6.07, 6.45) is 0. The Morgan fingerprint density at radius 2 is 2.13 bits per heavy atom. The van der Waals surface area contributed by atoms with Crippen molar-refractivity contribution in [1.29, 1.82) is 0 Å². The number of halogens is 3. The van der Waals surface area contributed by atoms with Gasteiger partial charge in [-0.2, -0.15) is 4.98 Å². The minimum atomic E-state index is -0.0389. The van der Waals surface area contributed by atoms with Crippen molar-refractivity contribution in [1.82, 2.24) is 20.8 Å². The highest BCUT2D eigenvalue weighted by Gasteiger charge is 2.12. The van der Waals surface area contributed by atoms with Crippen LogP contribution in [0.4, 0.5) is 0 Å². The van der Waals surface area contributed by atoms with Crippen LogP contribution in [-0.4, -0.2) is 23.1 Å². The standard InChI is InChI=1S/C14H17Cl2N5O.HI/c1-8(11-5-4-10(15)6-12(11)16)19-14(17-3)18-7-13-20-9(2)22-21-13;/h4-6,8H,7H2,1-3H3,(H2,17,18,19);1H. The summed E-state index contributed by atoms with van der Waals surface area (Å²) in [5.74, 6) is 1.71. The molecule has 0 aliphatic carbocycles. The Morgan fingerprint density at radius 1 is 1.39 bits per heavy atom. The lowest BCUT2D eigenvalue weighted by molar-refractivity contribution is 0.386. The zero-order chi connectivity index (χ0) is 16.1. The third kappa shape index (κ3) is 5.82. The molecule has 2 aromatic rings. The summed E-state index contributed by atoms with van der Waals surface area (Å²) < 4.78 is 4.92. The van der Waals surface area contributed by atoms with Crippen LogP contribution in [0.25, 0.3) is 0 Å². The molecule has 0 saturated heterocycles. The van der Waals surface area contributed by atoms with Gasteiger partial charge in [0, 0.05) is 24.0 Å². The Bertz CT molecular complexity index is 677. The molecule has 9 heteroatoms. The third-order valence-corrected chi connectivity index (χ3v) is 3.55.